The van der Waals surface area contributed by atoms with E-state index in [-0.39, 0.29) is 18.2 Å². The summed E-state index contributed by atoms with van der Waals surface area (Å²) in [6.07, 6.45) is 7.68. The lowest BCUT2D eigenvalue weighted by Gasteiger charge is -2.17. The minimum Gasteiger partial charge on any atom is -0.316 e. The minimum atomic E-state index is -0.400. The van der Waals surface area contributed by atoms with Crippen LogP contribution in [0.15, 0.2) is 24.3 Å². The summed E-state index contributed by atoms with van der Waals surface area (Å²) in [4.78, 5) is 28.4. The van der Waals surface area contributed by atoms with Crippen LogP contribution >= 0.6 is 11.3 Å². The van der Waals surface area contributed by atoms with E-state index in [9.17, 15) is 14.9 Å². The van der Waals surface area contributed by atoms with Gasteiger partial charge in [0.25, 0.3) is 0 Å². The highest BCUT2D eigenvalue weighted by Crippen LogP contribution is 2.38. The number of hydrogen-bond acceptors (Lipinski definition) is 4. The number of nitrogens with zero attached hydrogens (tertiary/aromatic N) is 2. The lowest BCUT2D eigenvalue weighted by Crippen LogP contribution is -2.28. The van der Waals surface area contributed by atoms with Crippen molar-refractivity contribution < 1.29 is 9.59 Å². The SMILES string of the molecule is CCCCc1ccc(N2C[C@@H](C(=O)Nc3sc4c(c3C#N)CCCC4)CC2=O)cc1. The predicted octanol–water partition coefficient (Wildman–Crippen LogP) is 4.83. The van der Waals surface area contributed by atoms with Crippen LogP contribution in [0.4, 0.5) is 10.7 Å². The maximum Gasteiger partial charge on any atom is 0.230 e. The Kier molecular flexibility index (Phi) is 6.19. The molecule has 0 bridgehead atoms. The van der Waals surface area contributed by atoms with E-state index >= 15 is 0 Å². The molecule has 1 atom stereocenters. The Labute approximate surface area is 181 Å². The number of anilines is 2. The molecule has 1 fully saturated rings. The van der Waals surface area contributed by atoms with Gasteiger partial charge in [-0.3, -0.25) is 9.59 Å². The van der Waals surface area contributed by atoms with Gasteiger partial charge in [0.1, 0.15) is 11.1 Å². The van der Waals surface area contributed by atoms with Crippen molar-refractivity contribution in [3.05, 3.63) is 45.8 Å². The van der Waals surface area contributed by atoms with Gasteiger partial charge in [0.05, 0.1) is 11.5 Å². The van der Waals surface area contributed by atoms with Crippen molar-refractivity contribution in [2.24, 2.45) is 5.92 Å². The first-order valence-electron chi connectivity index (χ1n) is 10.9. The molecule has 4 rings (SSSR count). The number of nitriles is 1. The Balaban J connectivity index is 1.44. The molecule has 30 heavy (non-hydrogen) atoms. The second-order valence-electron chi connectivity index (χ2n) is 8.19. The number of carbonyl (C=O) groups is 2. The average Bonchev–Trinajstić information content (AvgIpc) is 3.32. The molecular formula is C24H27N3O2S. The maximum absolute atomic E-state index is 12.9. The molecule has 0 unspecified atom stereocenters. The number of rotatable bonds is 6. The second-order valence-corrected chi connectivity index (χ2v) is 9.30. The van der Waals surface area contributed by atoms with Crippen molar-refractivity contribution in [2.75, 3.05) is 16.8 Å². The molecule has 1 aliphatic heterocycles. The lowest BCUT2D eigenvalue weighted by atomic mass is 9.96. The number of nitrogens with one attached hydrogen (secondary N) is 1. The van der Waals surface area contributed by atoms with Gasteiger partial charge in [-0.2, -0.15) is 5.26 Å². The van der Waals surface area contributed by atoms with Crippen LogP contribution in [-0.4, -0.2) is 18.4 Å². The van der Waals surface area contributed by atoms with E-state index in [0.29, 0.717) is 17.1 Å². The molecule has 0 spiro atoms. The Morgan fingerprint density at radius 3 is 2.77 bits per heavy atom. The van der Waals surface area contributed by atoms with Crippen LogP contribution in [0.2, 0.25) is 0 Å². The van der Waals surface area contributed by atoms with Gasteiger partial charge in [-0.25, -0.2) is 0 Å². The average molecular weight is 422 g/mol. The van der Waals surface area contributed by atoms with E-state index in [1.165, 1.54) is 21.8 Å². The van der Waals surface area contributed by atoms with Gasteiger partial charge in [0.2, 0.25) is 11.8 Å². The molecule has 6 heteroatoms. The Morgan fingerprint density at radius 2 is 2.03 bits per heavy atom. The second kappa shape index (κ2) is 9.01. The number of hydrogen-bond donors (Lipinski definition) is 1. The van der Waals surface area contributed by atoms with Gasteiger partial charge in [0, 0.05) is 23.5 Å². The van der Waals surface area contributed by atoms with Crippen LogP contribution in [0.3, 0.4) is 0 Å². The standard InChI is InChI=1S/C24H27N3O2S/c1-2-3-6-16-9-11-18(12-10-16)27-15-17(13-22(27)28)23(29)26-24-20(14-25)19-7-4-5-8-21(19)30-24/h9-12,17H,2-8,13,15H2,1H3,(H,26,29)/t17-/m0/s1. The Bertz CT molecular complexity index is 987. The summed E-state index contributed by atoms with van der Waals surface area (Å²) >= 11 is 1.53. The van der Waals surface area contributed by atoms with Crippen molar-refractivity contribution >= 4 is 33.8 Å². The number of aryl methyl sites for hydroxylation is 2. The summed E-state index contributed by atoms with van der Waals surface area (Å²) in [6.45, 7) is 2.55. The van der Waals surface area contributed by atoms with Crippen molar-refractivity contribution in [1.82, 2.24) is 0 Å². The van der Waals surface area contributed by atoms with E-state index in [4.69, 9.17) is 0 Å². The molecule has 1 aliphatic carbocycles. The summed E-state index contributed by atoms with van der Waals surface area (Å²) in [5, 5.41) is 13.2. The highest BCUT2D eigenvalue weighted by atomic mass is 32.1. The van der Waals surface area contributed by atoms with Crippen molar-refractivity contribution in [3.8, 4) is 6.07 Å². The van der Waals surface area contributed by atoms with E-state index in [1.54, 1.807) is 4.90 Å². The fourth-order valence-corrected chi connectivity index (χ4v) is 5.59. The summed E-state index contributed by atoms with van der Waals surface area (Å²) in [5.74, 6) is -0.592. The summed E-state index contributed by atoms with van der Waals surface area (Å²) < 4.78 is 0. The fourth-order valence-electron chi connectivity index (χ4n) is 4.34. The van der Waals surface area contributed by atoms with Crippen molar-refractivity contribution in [3.63, 3.8) is 0 Å². The van der Waals surface area contributed by atoms with Gasteiger partial charge in [-0.05, 0) is 61.8 Å². The van der Waals surface area contributed by atoms with E-state index in [2.05, 4.69) is 30.4 Å². The molecule has 156 valence electrons. The molecule has 1 aromatic carbocycles. The first-order valence-corrected chi connectivity index (χ1v) is 11.7. The largest absolute Gasteiger partial charge is 0.316 e. The minimum absolute atomic E-state index is 0.0255. The molecule has 2 amide bonds. The molecule has 2 aliphatic rings. The molecule has 2 aromatic rings. The van der Waals surface area contributed by atoms with E-state index in [0.717, 1.165) is 56.2 Å². The normalized spacial score (nSPS) is 18.2. The van der Waals surface area contributed by atoms with Crippen LogP contribution in [-0.2, 0) is 28.9 Å². The van der Waals surface area contributed by atoms with Gasteiger partial charge in [-0.15, -0.1) is 11.3 Å². The van der Waals surface area contributed by atoms with Crippen LogP contribution in [0.25, 0.3) is 0 Å². The molecule has 2 heterocycles. The Hall–Kier alpha value is -2.65. The number of carbonyl (C=O) groups excluding carboxylic acids is 2. The highest BCUT2D eigenvalue weighted by molar-refractivity contribution is 7.16. The predicted molar refractivity (Wildman–Crippen MR) is 120 cm³/mol. The molecule has 1 aromatic heterocycles. The number of unbranched alkanes of at least 4 members (excludes halogenated alkanes) is 1. The summed E-state index contributed by atoms with van der Waals surface area (Å²) in [5.41, 5.74) is 3.84. The molecule has 1 saturated heterocycles. The zero-order valence-corrected chi connectivity index (χ0v) is 18.2. The number of fused-ring (bicyclic) bond motifs is 1. The third-order valence-corrected chi connectivity index (χ3v) is 7.29. The van der Waals surface area contributed by atoms with E-state index in [1.807, 2.05) is 12.1 Å². The molecule has 0 saturated carbocycles. The quantitative estimate of drug-likeness (QED) is 0.726. The topological polar surface area (TPSA) is 73.2 Å². The van der Waals surface area contributed by atoms with Gasteiger partial charge in [0.15, 0.2) is 0 Å². The third kappa shape index (κ3) is 4.13. The molecule has 0 radical (unpaired) electrons. The maximum atomic E-state index is 12.9. The molecule has 5 nitrogen and oxygen atoms in total. The van der Waals surface area contributed by atoms with Gasteiger partial charge >= 0.3 is 0 Å². The summed E-state index contributed by atoms with van der Waals surface area (Å²) in [6, 6.07) is 10.4. The van der Waals surface area contributed by atoms with Crippen LogP contribution < -0.4 is 10.2 Å². The van der Waals surface area contributed by atoms with Crippen LogP contribution in [0, 0.1) is 17.2 Å². The first-order chi connectivity index (χ1) is 14.6. The van der Waals surface area contributed by atoms with Crippen LogP contribution in [0.5, 0.6) is 0 Å². The number of thiophene rings is 1. The van der Waals surface area contributed by atoms with Gasteiger partial charge in [-0.1, -0.05) is 25.5 Å². The fraction of sp³-hybridized carbons (Fsp3) is 0.458. The summed E-state index contributed by atoms with van der Waals surface area (Å²) in [7, 11) is 0. The van der Waals surface area contributed by atoms with E-state index < -0.39 is 5.92 Å². The zero-order valence-electron chi connectivity index (χ0n) is 17.4. The smallest absolute Gasteiger partial charge is 0.230 e. The Morgan fingerprint density at radius 1 is 1.27 bits per heavy atom. The molecule has 1 N–H and O–H groups in total. The number of amides is 2. The van der Waals surface area contributed by atoms with Crippen molar-refractivity contribution in [2.45, 2.75) is 58.3 Å². The highest BCUT2D eigenvalue weighted by Gasteiger charge is 2.36. The van der Waals surface area contributed by atoms with Gasteiger partial charge < -0.3 is 10.2 Å². The third-order valence-electron chi connectivity index (χ3n) is 6.08. The monoisotopic (exact) mass is 421 g/mol. The number of benzene rings is 1. The van der Waals surface area contributed by atoms with Crippen molar-refractivity contribution in [1.29, 1.82) is 5.26 Å². The molecular weight excluding hydrogens is 394 g/mol. The van der Waals surface area contributed by atoms with Crippen LogP contribution in [0.1, 0.15) is 60.6 Å². The zero-order chi connectivity index (χ0) is 21.1. The first kappa shape index (κ1) is 20.6. The lowest BCUT2D eigenvalue weighted by molar-refractivity contribution is -0.122.